The third kappa shape index (κ3) is 5.70. The van der Waals surface area contributed by atoms with Crippen LogP contribution in [0.2, 0.25) is 0 Å². The lowest BCUT2D eigenvalue weighted by Crippen LogP contribution is -2.33. The zero-order valence-corrected chi connectivity index (χ0v) is 19.2. The molecule has 1 amide bonds. The van der Waals surface area contributed by atoms with Gasteiger partial charge in [-0.3, -0.25) is 9.48 Å². The van der Waals surface area contributed by atoms with Gasteiger partial charge in [-0.2, -0.15) is 5.10 Å². The SMILES string of the molecule is CC(C)NS(=O)(=O)Cc1ccccc1CNC(=O)c1cc(C2CC2)nn1C(C)(C)C. The van der Waals surface area contributed by atoms with Gasteiger partial charge in [0.05, 0.1) is 17.0 Å². The van der Waals surface area contributed by atoms with Crippen LogP contribution in [-0.4, -0.2) is 30.1 Å². The van der Waals surface area contributed by atoms with Crippen LogP contribution in [0.3, 0.4) is 0 Å². The Morgan fingerprint density at radius 1 is 1.20 bits per heavy atom. The summed E-state index contributed by atoms with van der Waals surface area (Å²) in [6, 6.07) is 9.00. The monoisotopic (exact) mass is 432 g/mol. The van der Waals surface area contributed by atoms with Gasteiger partial charge in [0.25, 0.3) is 5.91 Å². The minimum atomic E-state index is -3.45. The summed E-state index contributed by atoms with van der Waals surface area (Å²) in [4.78, 5) is 13.0. The molecule has 0 bridgehead atoms. The molecule has 2 aromatic rings. The van der Waals surface area contributed by atoms with Gasteiger partial charge in [-0.25, -0.2) is 13.1 Å². The van der Waals surface area contributed by atoms with Gasteiger partial charge in [0.15, 0.2) is 0 Å². The van der Waals surface area contributed by atoms with Gasteiger partial charge in [0, 0.05) is 18.5 Å². The van der Waals surface area contributed by atoms with Gasteiger partial charge < -0.3 is 5.32 Å². The summed E-state index contributed by atoms with van der Waals surface area (Å²) in [7, 11) is -3.45. The van der Waals surface area contributed by atoms with Gasteiger partial charge in [0.1, 0.15) is 5.69 Å². The van der Waals surface area contributed by atoms with Crippen LogP contribution in [0.5, 0.6) is 0 Å². The van der Waals surface area contributed by atoms with Crippen LogP contribution in [0.4, 0.5) is 0 Å². The molecule has 1 aliphatic rings. The quantitative estimate of drug-likeness (QED) is 0.669. The first-order valence-electron chi connectivity index (χ1n) is 10.4. The summed E-state index contributed by atoms with van der Waals surface area (Å²) in [6.45, 7) is 9.90. The number of carbonyl (C=O) groups is 1. The summed E-state index contributed by atoms with van der Waals surface area (Å²) in [5.74, 6) is 0.130. The van der Waals surface area contributed by atoms with Crippen molar-refractivity contribution in [1.29, 1.82) is 0 Å². The predicted octanol–water partition coefficient (Wildman–Crippen LogP) is 3.27. The van der Waals surface area contributed by atoms with E-state index in [1.165, 1.54) is 0 Å². The minimum absolute atomic E-state index is 0.122. The highest BCUT2D eigenvalue weighted by molar-refractivity contribution is 7.88. The number of rotatable bonds is 8. The first-order chi connectivity index (χ1) is 14.0. The predicted molar refractivity (Wildman–Crippen MR) is 118 cm³/mol. The summed E-state index contributed by atoms with van der Waals surface area (Å²) in [5, 5.41) is 7.63. The Hall–Kier alpha value is -2.19. The second-order valence-electron chi connectivity index (χ2n) is 9.29. The lowest BCUT2D eigenvalue weighted by atomic mass is 10.1. The van der Waals surface area contributed by atoms with E-state index < -0.39 is 10.0 Å². The Bertz CT molecular complexity index is 1020. The number of hydrogen-bond donors (Lipinski definition) is 2. The molecule has 0 unspecified atom stereocenters. The zero-order chi connectivity index (χ0) is 22.1. The van der Waals surface area contributed by atoms with E-state index in [1.54, 1.807) is 24.6 Å². The molecular formula is C22H32N4O3S. The fourth-order valence-corrected chi connectivity index (χ4v) is 4.89. The zero-order valence-electron chi connectivity index (χ0n) is 18.4. The standard InChI is InChI=1S/C22H32N4O3S/c1-15(2)25-30(28,29)14-18-9-7-6-8-17(18)13-23-21(27)20-12-19(16-10-11-16)24-26(20)22(3,4)5/h6-9,12,15-16,25H,10-11,13-14H2,1-5H3,(H,23,27). The molecule has 1 heterocycles. The number of carbonyl (C=O) groups excluding carboxylic acids is 1. The van der Waals surface area contributed by atoms with Gasteiger partial charge in [-0.15, -0.1) is 0 Å². The normalized spacial score (nSPS) is 14.9. The Morgan fingerprint density at radius 2 is 1.83 bits per heavy atom. The number of hydrogen-bond acceptors (Lipinski definition) is 4. The van der Waals surface area contributed by atoms with Gasteiger partial charge in [-0.05, 0) is 64.7 Å². The van der Waals surface area contributed by atoms with E-state index in [0.717, 1.165) is 24.1 Å². The molecule has 3 rings (SSSR count). The highest BCUT2D eigenvalue weighted by Crippen LogP contribution is 2.40. The van der Waals surface area contributed by atoms with Crippen molar-refractivity contribution in [2.24, 2.45) is 0 Å². The first-order valence-corrected chi connectivity index (χ1v) is 12.1. The molecule has 0 spiro atoms. The van der Waals surface area contributed by atoms with Gasteiger partial charge >= 0.3 is 0 Å². The Morgan fingerprint density at radius 3 is 2.40 bits per heavy atom. The van der Waals surface area contributed by atoms with Crippen molar-refractivity contribution in [2.75, 3.05) is 0 Å². The highest BCUT2D eigenvalue weighted by Gasteiger charge is 2.31. The fourth-order valence-electron chi connectivity index (χ4n) is 3.39. The summed E-state index contributed by atoms with van der Waals surface area (Å²) in [5.41, 5.74) is 2.66. The third-order valence-corrected chi connectivity index (χ3v) is 6.43. The lowest BCUT2D eigenvalue weighted by Gasteiger charge is -2.22. The maximum Gasteiger partial charge on any atom is 0.269 e. The molecular weight excluding hydrogens is 400 g/mol. The van der Waals surface area contributed by atoms with Crippen molar-refractivity contribution in [1.82, 2.24) is 19.8 Å². The van der Waals surface area contributed by atoms with E-state index in [-0.39, 0.29) is 29.8 Å². The number of sulfonamides is 1. The molecule has 1 aromatic heterocycles. The average Bonchev–Trinajstić information content (AvgIpc) is 3.36. The first kappa shape index (κ1) is 22.5. The van der Waals surface area contributed by atoms with E-state index in [4.69, 9.17) is 0 Å². The van der Waals surface area contributed by atoms with Crippen LogP contribution >= 0.6 is 0 Å². The fraction of sp³-hybridized carbons (Fsp3) is 0.545. The van der Waals surface area contributed by atoms with Crippen LogP contribution in [0.1, 0.15) is 80.7 Å². The molecule has 1 aromatic carbocycles. The van der Waals surface area contributed by atoms with Crippen LogP contribution in [0.25, 0.3) is 0 Å². The third-order valence-electron chi connectivity index (χ3n) is 4.91. The number of amides is 1. The maximum atomic E-state index is 13.0. The largest absolute Gasteiger partial charge is 0.347 e. The maximum absolute atomic E-state index is 13.0. The van der Waals surface area contributed by atoms with Crippen molar-refractivity contribution in [3.05, 3.63) is 52.8 Å². The Labute approximate surface area is 179 Å². The van der Waals surface area contributed by atoms with E-state index in [9.17, 15) is 13.2 Å². The van der Waals surface area contributed by atoms with E-state index in [1.807, 2.05) is 45.0 Å². The number of aromatic nitrogens is 2. The van der Waals surface area contributed by atoms with E-state index in [2.05, 4.69) is 15.1 Å². The van der Waals surface area contributed by atoms with Crippen molar-refractivity contribution in [3.63, 3.8) is 0 Å². The van der Waals surface area contributed by atoms with E-state index >= 15 is 0 Å². The molecule has 1 saturated carbocycles. The van der Waals surface area contributed by atoms with Crippen molar-refractivity contribution in [3.8, 4) is 0 Å². The molecule has 2 N–H and O–H groups in total. The van der Waals surface area contributed by atoms with Crippen molar-refractivity contribution < 1.29 is 13.2 Å². The van der Waals surface area contributed by atoms with Gasteiger partial charge in [-0.1, -0.05) is 24.3 Å². The topological polar surface area (TPSA) is 93.1 Å². The van der Waals surface area contributed by atoms with Crippen molar-refractivity contribution in [2.45, 2.75) is 77.3 Å². The molecule has 30 heavy (non-hydrogen) atoms. The molecule has 8 heteroatoms. The number of nitrogens with one attached hydrogen (secondary N) is 2. The van der Waals surface area contributed by atoms with Crippen LogP contribution in [-0.2, 0) is 27.9 Å². The molecule has 1 fully saturated rings. The Kier molecular flexibility index (Phi) is 6.38. The molecule has 0 atom stereocenters. The minimum Gasteiger partial charge on any atom is -0.347 e. The van der Waals surface area contributed by atoms with Crippen LogP contribution in [0, 0.1) is 0 Å². The van der Waals surface area contributed by atoms with Crippen LogP contribution in [0.15, 0.2) is 30.3 Å². The second-order valence-corrected chi connectivity index (χ2v) is 11.0. The molecule has 164 valence electrons. The second kappa shape index (κ2) is 8.51. The lowest BCUT2D eigenvalue weighted by molar-refractivity contribution is 0.0932. The van der Waals surface area contributed by atoms with E-state index in [0.29, 0.717) is 17.2 Å². The molecule has 1 aliphatic carbocycles. The van der Waals surface area contributed by atoms with Crippen molar-refractivity contribution >= 4 is 15.9 Å². The highest BCUT2D eigenvalue weighted by atomic mass is 32.2. The molecule has 7 nitrogen and oxygen atoms in total. The molecule has 0 radical (unpaired) electrons. The average molecular weight is 433 g/mol. The number of nitrogens with zero attached hydrogens (tertiary/aromatic N) is 2. The summed E-state index contributed by atoms with van der Waals surface area (Å²) >= 11 is 0. The number of benzene rings is 1. The van der Waals surface area contributed by atoms with Crippen LogP contribution < -0.4 is 10.0 Å². The van der Waals surface area contributed by atoms with Gasteiger partial charge in [0.2, 0.25) is 10.0 Å². The Balaban J connectivity index is 1.76. The smallest absolute Gasteiger partial charge is 0.269 e. The molecule has 0 saturated heterocycles. The summed E-state index contributed by atoms with van der Waals surface area (Å²) in [6.07, 6.45) is 2.24. The molecule has 0 aliphatic heterocycles. The summed E-state index contributed by atoms with van der Waals surface area (Å²) < 4.78 is 29.1.